The van der Waals surface area contributed by atoms with Crippen molar-refractivity contribution in [1.29, 1.82) is 0 Å². The van der Waals surface area contributed by atoms with Crippen molar-refractivity contribution >= 4 is 29.4 Å². The fraction of sp³-hybridized carbons (Fsp3) is 0.429. The van der Waals surface area contributed by atoms with Crippen molar-refractivity contribution in [1.82, 2.24) is 0 Å². The lowest BCUT2D eigenvalue weighted by atomic mass is 9.70. The van der Waals surface area contributed by atoms with Crippen molar-refractivity contribution in [3.63, 3.8) is 0 Å². The van der Waals surface area contributed by atoms with Crippen LogP contribution in [0.5, 0.6) is 11.5 Å². The topological polar surface area (TPSA) is 55.8 Å². The Kier molecular flexibility index (Phi) is 10.5. The van der Waals surface area contributed by atoms with E-state index in [2.05, 4.69) is 197 Å². The van der Waals surface area contributed by atoms with Gasteiger partial charge in [0.1, 0.15) is 11.5 Å². The molecule has 4 nitrogen and oxygen atoms in total. The molecule has 0 spiro atoms. The van der Waals surface area contributed by atoms with Gasteiger partial charge in [-0.15, -0.1) is 0 Å². The molecule has 0 bridgehead atoms. The van der Waals surface area contributed by atoms with Crippen LogP contribution >= 0.6 is 7.82 Å². The zero-order valence-corrected chi connectivity index (χ0v) is 41.1. The number of fused-ring (bicyclic) bond motifs is 7. The maximum atomic E-state index is 15.0. The van der Waals surface area contributed by atoms with Gasteiger partial charge in [-0.2, -0.15) is 0 Å². The van der Waals surface area contributed by atoms with Gasteiger partial charge in [0.2, 0.25) is 0 Å². The van der Waals surface area contributed by atoms with Gasteiger partial charge in [-0.3, -0.25) is 4.89 Å². The standard InChI is InChI=1S/C56H69O4P/c1-51(2,3)35-29-41(53(7,8)9)45(42(30-35)54(10,11)12)39-27-33-23-19-21-25-37(33)47-48-38-26-22-20-24-34(38)28-40(50(48)60-61(57,58)59-49(39)47)46-43(55(13,14)15)31-36(52(4,5)6)32-44(46)56(16,17)18/h19-32H,1-18H3,(H,57,58). The molecule has 7 rings (SSSR count). The molecule has 322 valence electrons. The number of benzene rings is 6. The summed E-state index contributed by atoms with van der Waals surface area (Å²) in [4.78, 5) is 12.3. The van der Waals surface area contributed by atoms with E-state index in [9.17, 15) is 4.89 Å². The Balaban J connectivity index is 1.77. The van der Waals surface area contributed by atoms with Crippen molar-refractivity contribution in [2.45, 2.75) is 157 Å². The average Bonchev–Trinajstić information content (AvgIpc) is 3.24. The minimum Gasteiger partial charge on any atom is -0.394 e. The lowest BCUT2D eigenvalue weighted by Crippen LogP contribution is -2.23. The Morgan fingerprint density at radius 1 is 0.393 bits per heavy atom. The first-order valence-electron chi connectivity index (χ1n) is 22.0. The molecule has 1 N–H and O–H groups in total. The van der Waals surface area contributed by atoms with Crippen molar-refractivity contribution in [2.24, 2.45) is 0 Å². The molecule has 5 heteroatoms. The Morgan fingerprint density at radius 3 is 0.934 bits per heavy atom. The molecule has 1 heterocycles. The summed E-state index contributed by atoms with van der Waals surface area (Å²) in [6.45, 7) is 40.6. The first-order valence-corrected chi connectivity index (χ1v) is 23.5. The molecule has 6 aromatic carbocycles. The fourth-order valence-electron chi connectivity index (χ4n) is 9.06. The largest absolute Gasteiger partial charge is 0.584 e. The van der Waals surface area contributed by atoms with Crippen LogP contribution in [0.25, 0.3) is 54.9 Å². The summed E-state index contributed by atoms with van der Waals surface area (Å²) < 4.78 is 28.3. The number of phosphoric ester groups is 1. The lowest BCUT2D eigenvalue weighted by molar-refractivity contribution is 0.295. The average molecular weight is 837 g/mol. The zero-order valence-electron chi connectivity index (χ0n) is 40.2. The van der Waals surface area contributed by atoms with E-state index in [1.807, 2.05) is 12.1 Å². The van der Waals surface area contributed by atoms with Gasteiger partial charge in [0.15, 0.2) is 0 Å². The van der Waals surface area contributed by atoms with Crippen LogP contribution in [0.1, 0.15) is 158 Å². The maximum Gasteiger partial charge on any atom is 0.584 e. The first-order chi connectivity index (χ1) is 27.8. The van der Waals surface area contributed by atoms with Gasteiger partial charge in [0.25, 0.3) is 0 Å². The van der Waals surface area contributed by atoms with Crippen molar-refractivity contribution in [3.05, 3.63) is 118 Å². The molecule has 0 aliphatic carbocycles. The molecule has 0 unspecified atom stereocenters. The molecular weight excluding hydrogens is 768 g/mol. The van der Waals surface area contributed by atoms with Gasteiger partial charge in [0.05, 0.1) is 0 Å². The van der Waals surface area contributed by atoms with Gasteiger partial charge < -0.3 is 9.05 Å². The van der Waals surface area contributed by atoms with E-state index in [4.69, 9.17) is 9.05 Å². The molecule has 0 atom stereocenters. The molecule has 0 aromatic heterocycles. The second-order valence-corrected chi connectivity index (χ2v) is 25.0. The van der Waals surface area contributed by atoms with Crippen LogP contribution in [0.4, 0.5) is 0 Å². The van der Waals surface area contributed by atoms with Gasteiger partial charge >= 0.3 is 7.82 Å². The maximum absolute atomic E-state index is 15.0. The third-order valence-corrected chi connectivity index (χ3v) is 13.3. The van der Waals surface area contributed by atoms with Crippen LogP contribution in [0.2, 0.25) is 0 Å². The lowest BCUT2D eigenvalue weighted by Gasteiger charge is -2.34. The molecule has 0 fully saturated rings. The number of hydrogen-bond acceptors (Lipinski definition) is 3. The summed E-state index contributed by atoms with van der Waals surface area (Å²) in [5, 5.41) is 3.86. The summed E-state index contributed by atoms with van der Waals surface area (Å²) in [6.07, 6.45) is 0. The van der Waals surface area contributed by atoms with Crippen LogP contribution in [0.15, 0.2) is 84.9 Å². The molecule has 0 radical (unpaired) electrons. The smallest absolute Gasteiger partial charge is 0.394 e. The molecule has 0 amide bonds. The van der Waals surface area contributed by atoms with Gasteiger partial charge in [0, 0.05) is 22.3 Å². The van der Waals surface area contributed by atoms with E-state index in [0.717, 1.165) is 77.2 Å². The molecular formula is C56H69O4P. The number of rotatable bonds is 2. The second-order valence-electron chi connectivity index (χ2n) is 23.7. The summed E-state index contributed by atoms with van der Waals surface area (Å²) in [7, 11) is -4.84. The summed E-state index contributed by atoms with van der Waals surface area (Å²) in [6, 6.07) is 30.5. The second kappa shape index (κ2) is 14.3. The van der Waals surface area contributed by atoms with Crippen molar-refractivity contribution < 1.29 is 18.5 Å². The minimum absolute atomic E-state index is 0.110. The highest BCUT2D eigenvalue weighted by Gasteiger charge is 2.41. The highest BCUT2D eigenvalue weighted by atomic mass is 31.2. The highest BCUT2D eigenvalue weighted by molar-refractivity contribution is 7.48. The van der Waals surface area contributed by atoms with Crippen molar-refractivity contribution in [2.75, 3.05) is 0 Å². The number of hydrogen-bond donors (Lipinski definition) is 1. The van der Waals surface area contributed by atoms with E-state index in [-0.39, 0.29) is 32.5 Å². The SMILES string of the molecule is CC(C)(C)c1cc(C(C)(C)C)c(-c2cc3ccccc3c3c2OP(=O)(O)Oc2c(-c4c(C(C)(C)C)cc(C(C)(C)C)cc4C(C)(C)C)cc4ccccc4c2-3)c(C(C)(C)C)c1. The number of phosphoric acid groups is 1. The zero-order chi connectivity index (χ0) is 45.2. The van der Waals surface area contributed by atoms with Gasteiger partial charge in [-0.25, -0.2) is 4.57 Å². The Hall–Kier alpha value is -4.37. The van der Waals surface area contributed by atoms with Crippen molar-refractivity contribution in [3.8, 4) is 44.9 Å². The quantitative estimate of drug-likeness (QED) is 0.177. The summed E-state index contributed by atoms with van der Waals surface area (Å²) in [5.41, 5.74) is 10.9. The van der Waals surface area contributed by atoms with Gasteiger partial charge in [-0.05, 0) is 111 Å². The van der Waals surface area contributed by atoms with E-state index in [0.29, 0.717) is 11.5 Å². The Labute approximate surface area is 366 Å². The van der Waals surface area contributed by atoms with Crippen LogP contribution in [-0.2, 0) is 37.1 Å². The first kappa shape index (κ1) is 44.7. The molecule has 0 saturated heterocycles. The Morgan fingerprint density at radius 2 is 0.672 bits per heavy atom. The predicted molar refractivity (Wildman–Crippen MR) is 261 cm³/mol. The third-order valence-electron chi connectivity index (χ3n) is 12.4. The molecule has 1 aliphatic heterocycles. The Bertz CT molecular complexity index is 2520. The van der Waals surface area contributed by atoms with Crippen LogP contribution in [0, 0.1) is 0 Å². The summed E-state index contributed by atoms with van der Waals surface area (Å²) in [5.74, 6) is 0.723. The summed E-state index contributed by atoms with van der Waals surface area (Å²) >= 11 is 0. The minimum atomic E-state index is -4.84. The van der Waals surface area contributed by atoms with Gasteiger partial charge in [-0.1, -0.05) is 197 Å². The molecule has 0 saturated carbocycles. The van der Waals surface area contributed by atoms with E-state index in [1.54, 1.807) is 0 Å². The highest BCUT2D eigenvalue weighted by Crippen LogP contribution is 2.63. The van der Waals surface area contributed by atoms with Crippen LogP contribution in [0.3, 0.4) is 0 Å². The predicted octanol–water partition coefficient (Wildman–Crippen LogP) is 16.7. The molecule has 1 aliphatic rings. The van der Waals surface area contributed by atoms with E-state index >= 15 is 4.57 Å². The normalized spacial score (nSPS) is 14.9. The van der Waals surface area contributed by atoms with E-state index in [1.165, 1.54) is 11.1 Å². The van der Waals surface area contributed by atoms with Crippen LogP contribution < -0.4 is 9.05 Å². The van der Waals surface area contributed by atoms with E-state index < -0.39 is 7.82 Å². The third kappa shape index (κ3) is 8.21. The fourth-order valence-corrected chi connectivity index (χ4v) is 9.94. The molecule has 61 heavy (non-hydrogen) atoms. The van der Waals surface area contributed by atoms with Crippen LogP contribution in [-0.4, -0.2) is 4.89 Å². The monoisotopic (exact) mass is 836 g/mol. The molecule has 6 aromatic rings.